The van der Waals surface area contributed by atoms with Gasteiger partial charge in [-0.05, 0) is 24.3 Å². The fourth-order valence-electron chi connectivity index (χ4n) is 2.37. The molecule has 20 heavy (non-hydrogen) atoms. The minimum atomic E-state index is -0.438. The van der Waals surface area contributed by atoms with Gasteiger partial charge in [-0.2, -0.15) is 0 Å². The normalized spacial score (nSPS) is 13.1. The maximum absolute atomic E-state index is 12.6. The number of benzene rings is 2. The van der Waals surface area contributed by atoms with Crippen LogP contribution in [0.25, 0.3) is 0 Å². The van der Waals surface area contributed by atoms with E-state index >= 15 is 0 Å². The Morgan fingerprint density at radius 1 is 0.650 bits per heavy atom. The first kappa shape index (κ1) is 13.0. The third-order valence-electron chi connectivity index (χ3n) is 3.28. The molecule has 3 rings (SSSR count). The van der Waals surface area contributed by atoms with Crippen molar-refractivity contribution in [3.63, 3.8) is 0 Å². The molecular formula is C14H8Cl2N2O2. The molecule has 0 amide bonds. The topological polar surface area (TPSA) is 86.2 Å². The largest absolute Gasteiger partial charge is 0.398 e. The minimum absolute atomic E-state index is 0.0816. The van der Waals surface area contributed by atoms with E-state index in [0.717, 1.165) is 0 Å². The van der Waals surface area contributed by atoms with Crippen LogP contribution in [0.5, 0.6) is 0 Å². The molecule has 0 radical (unpaired) electrons. The van der Waals surface area contributed by atoms with Gasteiger partial charge < -0.3 is 11.5 Å². The Hall–Kier alpha value is -2.04. The molecule has 4 N–H and O–H groups in total. The van der Waals surface area contributed by atoms with E-state index in [0.29, 0.717) is 0 Å². The number of hydrogen-bond donors (Lipinski definition) is 2. The number of halogens is 2. The van der Waals surface area contributed by atoms with Crippen molar-refractivity contribution in [2.75, 3.05) is 11.5 Å². The SMILES string of the molecule is Nc1ccc(Cl)c2c1C(=O)c1c(Cl)ccc(N)c1C2=O. The second kappa shape index (κ2) is 4.23. The number of hydrogen-bond acceptors (Lipinski definition) is 4. The van der Waals surface area contributed by atoms with E-state index in [9.17, 15) is 9.59 Å². The summed E-state index contributed by atoms with van der Waals surface area (Å²) in [5.41, 5.74) is 12.3. The lowest BCUT2D eigenvalue weighted by Crippen LogP contribution is -2.24. The van der Waals surface area contributed by atoms with Gasteiger partial charge in [0.25, 0.3) is 0 Å². The summed E-state index contributed by atoms with van der Waals surface area (Å²) in [6.07, 6.45) is 0. The number of nitrogens with two attached hydrogens (primary N) is 2. The Morgan fingerprint density at radius 3 is 1.35 bits per heavy atom. The summed E-state index contributed by atoms with van der Waals surface area (Å²) < 4.78 is 0. The van der Waals surface area contributed by atoms with Crippen LogP contribution in [0.2, 0.25) is 10.0 Å². The van der Waals surface area contributed by atoms with Crippen LogP contribution in [0, 0.1) is 0 Å². The quantitative estimate of drug-likeness (QED) is 0.625. The van der Waals surface area contributed by atoms with E-state index in [4.69, 9.17) is 34.7 Å². The maximum Gasteiger partial charge on any atom is 0.198 e. The molecule has 0 saturated heterocycles. The average Bonchev–Trinajstić information content (AvgIpc) is 2.41. The molecule has 0 spiro atoms. The summed E-state index contributed by atoms with van der Waals surface area (Å²) in [5, 5.41) is 0.329. The standard InChI is InChI=1S/C14H8Cl2N2O2/c15-5-1-3-7(17)11-9(5)13(19)12-8(18)4-2-6(16)10(12)14(11)20/h1-4H,17-18H2. The first-order chi connectivity index (χ1) is 9.43. The summed E-state index contributed by atoms with van der Waals surface area (Å²) in [5.74, 6) is -0.876. The van der Waals surface area contributed by atoms with Gasteiger partial charge in [-0.15, -0.1) is 0 Å². The highest BCUT2D eigenvalue weighted by Gasteiger charge is 2.36. The fourth-order valence-corrected chi connectivity index (χ4v) is 2.86. The lowest BCUT2D eigenvalue weighted by atomic mass is 9.82. The lowest BCUT2D eigenvalue weighted by Gasteiger charge is -2.21. The van der Waals surface area contributed by atoms with Gasteiger partial charge in [0.2, 0.25) is 0 Å². The number of rotatable bonds is 0. The van der Waals surface area contributed by atoms with E-state index < -0.39 is 11.6 Å². The van der Waals surface area contributed by atoms with E-state index in [1.54, 1.807) is 0 Å². The number of nitrogen functional groups attached to an aromatic ring is 2. The Morgan fingerprint density at radius 2 is 1.00 bits per heavy atom. The Balaban J connectivity index is 2.46. The maximum atomic E-state index is 12.6. The van der Waals surface area contributed by atoms with Crippen LogP contribution in [0.4, 0.5) is 11.4 Å². The summed E-state index contributed by atoms with van der Waals surface area (Å²) in [6.45, 7) is 0. The summed E-state index contributed by atoms with van der Waals surface area (Å²) in [7, 11) is 0. The van der Waals surface area contributed by atoms with E-state index in [-0.39, 0.29) is 43.7 Å². The molecule has 0 fully saturated rings. The smallest absolute Gasteiger partial charge is 0.198 e. The van der Waals surface area contributed by atoms with Gasteiger partial charge in [0.15, 0.2) is 11.6 Å². The van der Waals surface area contributed by atoms with E-state index in [1.807, 2.05) is 0 Å². The van der Waals surface area contributed by atoms with Gasteiger partial charge in [0.1, 0.15) is 0 Å². The van der Waals surface area contributed by atoms with Crippen molar-refractivity contribution in [2.24, 2.45) is 0 Å². The first-order valence-electron chi connectivity index (χ1n) is 5.68. The van der Waals surface area contributed by atoms with Crippen LogP contribution in [-0.4, -0.2) is 11.6 Å². The predicted octanol–water partition coefficient (Wildman–Crippen LogP) is 2.93. The van der Waals surface area contributed by atoms with Gasteiger partial charge in [-0.3, -0.25) is 9.59 Å². The average molecular weight is 307 g/mol. The van der Waals surface area contributed by atoms with Crippen LogP contribution in [-0.2, 0) is 0 Å². The van der Waals surface area contributed by atoms with Gasteiger partial charge >= 0.3 is 0 Å². The third kappa shape index (κ3) is 1.55. The fraction of sp³-hybridized carbons (Fsp3) is 0. The highest BCUT2D eigenvalue weighted by molar-refractivity contribution is 6.43. The number of fused-ring (bicyclic) bond motifs is 2. The van der Waals surface area contributed by atoms with Crippen molar-refractivity contribution in [2.45, 2.75) is 0 Å². The third-order valence-corrected chi connectivity index (χ3v) is 3.91. The molecule has 2 aromatic carbocycles. The van der Waals surface area contributed by atoms with Crippen molar-refractivity contribution < 1.29 is 9.59 Å². The number of ketones is 2. The van der Waals surface area contributed by atoms with Crippen LogP contribution in [0.1, 0.15) is 31.8 Å². The molecule has 0 unspecified atom stereocenters. The van der Waals surface area contributed by atoms with Crippen molar-refractivity contribution in [3.05, 3.63) is 56.6 Å². The van der Waals surface area contributed by atoms with Crippen LogP contribution < -0.4 is 11.5 Å². The van der Waals surface area contributed by atoms with Crippen molar-refractivity contribution in [3.8, 4) is 0 Å². The molecule has 100 valence electrons. The van der Waals surface area contributed by atoms with E-state index in [1.165, 1.54) is 24.3 Å². The lowest BCUT2D eigenvalue weighted by molar-refractivity contribution is 0.0980. The minimum Gasteiger partial charge on any atom is -0.398 e. The van der Waals surface area contributed by atoms with Gasteiger partial charge in [-0.25, -0.2) is 0 Å². The monoisotopic (exact) mass is 306 g/mol. The Kier molecular flexibility index (Phi) is 2.74. The molecule has 1 aliphatic carbocycles. The Labute approximate surface area is 124 Å². The molecule has 0 bridgehead atoms. The molecule has 0 aliphatic heterocycles. The molecule has 0 aromatic heterocycles. The molecule has 0 saturated carbocycles. The van der Waals surface area contributed by atoms with Crippen LogP contribution in [0.15, 0.2) is 24.3 Å². The highest BCUT2D eigenvalue weighted by atomic mass is 35.5. The zero-order valence-corrected chi connectivity index (χ0v) is 11.5. The van der Waals surface area contributed by atoms with Gasteiger partial charge in [0.05, 0.1) is 32.3 Å². The van der Waals surface area contributed by atoms with E-state index in [2.05, 4.69) is 0 Å². The molecule has 6 heteroatoms. The zero-order chi connectivity index (χ0) is 14.6. The number of anilines is 2. The number of carbonyl (C=O) groups excluding carboxylic acids is 2. The summed E-state index contributed by atoms with van der Waals surface area (Å²) >= 11 is 12.1. The van der Waals surface area contributed by atoms with Crippen molar-refractivity contribution >= 4 is 46.1 Å². The zero-order valence-electron chi connectivity index (χ0n) is 10.0. The first-order valence-corrected chi connectivity index (χ1v) is 6.44. The van der Waals surface area contributed by atoms with Gasteiger partial charge in [-0.1, -0.05) is 23.2 Å². The number of carbonyl (C=O) groups is 2. The highest BCUT2D eigenvalue weighted by Crippen LogP contribution is 2.39. The molecule has 1 aliphatic rings. The second-order valence-corrected chi connectivity index (χ2v) is 5.25. The molecule has 4 nitrogen and oxygen atoms in total. The van der Waals surface area contributed by atoms with Crippen LogP contribution in [0.3, 0.4) is 0 Å². The van der Waals surface area contributed by atoms with Crippen molar-refractivity contribution in [1.82, 2.24) is 0 Å². The molecule has 2 aromatic rings. The summed E-state index contributed by atoms with van der Waals surface area (Å²) in [6, 6.07) is 5.92. The molecule has 0 heterocycles. The Bertz CT molecular complexity index is 671. The summed E-state index contributed by atoms with van der Waals surface area (Å²) in [4.78, 5) is 25.1. The van der Waals surface area contributed by atoms with Crippen molar-refractivity contribution in [1.29, 1.82) is 0 Å². The van der Waals surface area contributed by atoms with Crippen LogP contribution >= 0.6 is 23.2 Å². The second-order valence-electron chi connectivity index (χ2n) is 4.43. The predicted molar refractivity (Wildman–Crippen MR) is 78.6 cm³/mol. The molecule has 0 atom stereocenters. The van der Waals surface area contributed by atoms with Gasteiger partial charge in [0, 0.05) is 11.4 Å². The molecular weight excluding hydrogens is 299 g/mol.